The number of nitrogens with zero attached hydrogens (tertiary/aromatic N) is 4. The number of piperidine rings is 1. The Morgan fingerprint density at radius 3 is 2.73 bits per heavy atom. The van der Waals surface area contributed by atoms with Gasteiger partial charge in [0.25, 0.3) is 0 Å². The van der Waals surface area contributed by atoms with Gasteiger partial charge in [0.2, 0.25) is 0 Å². The number of benzene rings is 1. The smallest absolute Gasteiger partial charge is 0.302 e. The Labute approximate surface area is 253 Å². The fourth-order valence-electron chi connectivity index (χ4n) is 6.69. The maximum Gasteiger partial charge on any atom is 0.302 e. The topological polar surface area (TPSA) is 59.8 Å². The van der Waals surface area contributed by atoms with Gasteiger partial charge >= 0.3 is 5.97 Å². The molecule has 3 aromatic rings. The number of rotatable bonds is 9. The highest BCUT2D eigenvalue weighted by Gasteiger charge is 2.32. The Balaban J connectivity index is 1.67. The summed E-state index contributed by atoms with van der Waals surface area (Å²) in [6.07, 6.45) is 6.55. The van der Waals surface area contributed by atoms with Crippen molar-refractivity contribution in [2.45, 2.75) is 79.0 Å². The van der Waals surface area contributed by atoms with E-state index in [9.17, 15) is 4.79 Å². The number of carbonyl (C=O) groups excluding carboxylic acids is 1. The molecule has 0 bridgehead atoms. The molecular formula is C33H45BrN4O3. The molecule has 2 fully saturated rings. The Morgan fingerprint density at radius 1 is 1.20 bits per heavy atom. The van der Waals surface area contributed by atoms with Crippen LogP contribution in [0.4, 0.5) is 5.69 Å². The zero-order valence-corrected chi connectivity index (χ0v) is 27.1. The first-order chi connectivity index (χ1) is 19.6. The minimum atomic E-state index is -0.259. The molecular weight excluding hydrogens is 580 g/mol. The molecule has 8 heteroatoms. The summed E-state index contributed by atoms with van der Waals surface area (Å²) in [5.74, 6) is -0.247. The summed E-state index contributed by atoms with van der Waals surface area (Å²) in [5.41, 5.74) is 6.61. The number of esters is 1. The average Bonchev–Trinajstić information content (AvgIpc) is 3.26. The molecule has 222 valence electrons. The molecule has 0 radical (unpaired) electrons. The molecule has 5 rings (SSSR count). The number of methoxy groups -OCH3 is 1. The van der Waals surface area contributed by atoms with Gasteiger partial charge in [0, 0.05) is 72.6 Å². The SMILES string of the molecule is CCn1c(-c2cc(N3CCN4CCCCC4C3)cnc2[C@H](C)OC)c(CC(C)(C)COC(C)=O)c2cc(Br)ccc21. The van der Waals surface area contributed by atoms with E-state index < -0.39 is 0 Å². The number of fused-ring (bicyclic) bond motifs is 2. The van der Waals surface area contributed by atoms with Crippen LogP contribution >= 0.6 is 15.9 Å². The molecule has 0 N–H and O–H groups in total. The maximum atomic E-state index is 11.7. The van der Waals surface area contributed by atoms with Gasteiger partial charge in [-0.2, -0.15) is 0 Å². The maximum absolute atomic E-state index is 11.7. The van der Waals surface area contributed by atoms with E-state index in [1.54, 1.807) is 7.11 Å². The summed E-state index contributed by atoms with van der Waals surface area (Å²) < 4.78 is 14.9. The average molecular weight is 626 g/mol. The van der Waals surface area contributed by atoms with Gasteiger partial charge in [0.15, 0.2) is 0 Å². The van der Waals surface area contributed by atoms with Crippen LogP contribution in [0.2, 0.25) is 0 Å². The van der Waals surface area contributed by atoms with Crippen LogP contribution in [0.3, 0.4) is 0 Å². The molecule has 7 nitrogen and oxygen atoms in total. The zero-order valence-electron chi connectivity index (χ0n) is 25.5. The molecule has 1 aromatic carbocycles. The first-order valence-electron chi connectivity index (χ1n) is 15.1. The molecule has 2 aliphatic rings. The van der Waals surface area contributed by atoms with Gasteiger partial charge in [-0.25, -0.2) is 0 Å². The molecule has 0 saturated carbocycles. The van der Waals surface area contributed by atoms with E-state index in [0.717, 1.165) is 48.3 Å². The van der Waals surface area contributed by atoms with Gasteiger partial charge in [0.1, 0.15) is 0 Å². The predicted molar refractivity (Wildman–Crippen MR) is 170 cm³/mol. The number of carbonyl (C=O) groups is 1. The summed E-state index contributed by atoms with van der Waals surface area (Å²) in [6.45, 7) is 15.7. The molecule has 0 spiro atoms. The van der Waals surface area contributed by atoms with Crippen molar-refractivity contribution in [2.24, 2.45) is 5.41 Å². The Bertz CT molecular complexity index is 1400. The lowest BCUT2D eigenvalue weighted by Crippen LogP contribution is -2.54. The number of piperazine rings is 1. The first-order valence-corrected chi connectivity index (χ1v) is 15.9. The second-order valence-corrected chi connectivity index (χ2v) is 13.4. The van der Waals surface area contributed by atoms with Crippen LogP contribution in [0, 0.1) is 5.41 Å². The van der Waals surface area contributed by atoms with Gasteiger partial charge in [0.05, 0.1) is 36.0 Å². The molecule has 2 atom stereocenters. The van der Waals surface area contributed by atoms with Crippen molar-refractivity contribution in [3.05, 3.63) is 46.2 Å². The van der Waals surface area contributed by atoms with Crippen LogP contribution in [0.25, 0.3) is 22.2 Å². The minimum Gasteiger partial charge on any atom is -0.465 e. The van der Waals surface area contributed by atoms with Crippen molar-refractivity contribution in [3.8, 4) is 11.3 Å². The number of pyridine rings is 1. The number of hydrogen-bond donors (Lipinski definition) is 0. The number of ether oxygens (including phenoxy) is 2. The van der Waals surface area contributed by atoms with Crippen molar-refractivity contribution >= 4 is 38.5 Å². The first kappa shape index (κ1) is 30.1. The normalized spacial score (nSPS) is 18.9. The van der Waals surface area contributed by atoms with Crippen LogP contribution in [-0.2, 0) is 27.2 Å². The Morgan fingerprint density at radius 2 is 2.00 bits per heavy atom. The Hall–Kier alpha value is -2.42. The number of aryl methyl sites for hydroxylation is 1. The highest BCUT2D eigenvalue weighted by Crippen LogP contribution is 2.42. The van der Waals surface area contributed by atoms with Crippen molar-refractivity contribution < 1.29 is 14.3 Å². The van der Waals surface area contributed by atoms with Crippen LogP contribution in [-0.4, -0.2) is 66.4 Å². The van der Waals surface area contributed by atoms with Crippen molar-refractivity contribution in [1.82, 2.24) is 14.5 Å². The predicted octanol–water partition coefficient (Wildman–Crippen LogP) is 7.00. The van der Waals surface area contributed by atoms with E-state index in [4.69, 9.17) is 14.5 Å². The molecule has 0 aliphatic carbocycles. The van der Waals surface area contributed by atoms with Gasteiger partial charge in [-0.15, -0.1) is 0 Å². The molecule has 1 unspecified atom stereocenters. The third kappa shape index (κ3) is 6.35. The summed E-state index contributed by atoms with van der Waals surface area (Å²) >= 11 is 3.73. The lowest BCUT2D eigenvalue weighted by atomic mass is 9.84. The summed E-state index contributed by atoms with van der Waals surface area (Å²) in [5, 5.41) is 1.21. The van der Waals surface area contributed by atoms with E-state index in [1.807, 2.05) is 6.20 Å². The van der Waals surface area contributed by atoms with Crippen molar-refractivity contribution in [2.75, 3.05) is 44.8 Å². The second kappa shape index (κ2) is 12.4. The quantitative estimate of drug-likeness (QED) is 0.239. The number of aromatic nitrogens is 2. The van der Waals surface area contributed by atoms with E-state index in [-0.39, 0.29) is 17.5 Å². The van der Waals surface area contributed by atoms with Crippen LogP contribution in [0.1, 0.15) is 71.2 Å². The van der Waals surface area contributed by atoms with Crippen LogP contribution in [0.15, 0.2) is 34.9 Å². The van der Waals surface area contributed by atoms with E-state index in [0.29, 0.717) is 12.6 Å². The third-order valence-electron chi connectivity index (χ3n) is 8.87. The second-order valence-electron chi connectivity index (χ2n) is 12.5. The largest absolute Gasteiger partial charge is 0.465 e. The van der Waals surface area contributed by atoms with Crippen LogP contribution in [0.5, 0.6) is 0 Å². The Kier molecular flexibility index (Phi) is 9.12. The van der Waals surface area contributed by atoms with Gasteiger partial charge in [-0.3, -0.25) is 14.7 Å². The summed E-state index contributed by atoms with van der Waals surface area (Å²) in [4.78, 5) is 22.0. The molecule has 2 aromatic heterocycles. The van der Waals surface area contributed by atoms with Crippen molar-refractivity contribution in [3.63, 3.8) is 0 Å². The molecule has 4 heterocycles. The van der Waals surface area contributed by atoms with Gasteiger partial charge in [-0.1, -0.05) is 36.2 Å². The molecule has 0 amide bonds. The summed E-state index contributed by atoms with van der Waals surface area (Å²) in [7, 11) is 1.75. The number of anilines is 1. The summed E-state index contributed by atoms with van der Waals surface area (Å²) in [6, 6.07) is 9.52. The zero-order chi connectivity index (χ0) is 29.3. The lowest BCUT2D eigenvalue weighted by Gasteiger charge is -2.45. The standard InChI is InChI=1S/C33H45BrN4O3/c1-7-38-30-12-11-24(34)16-27(30)29(18-33(4,5)21-41-23(3)39)32(38)28-17-26(19-35-31(28)22(2)40-6)37-15-14-36-13-9-8-10-25(36)20-37/h11-12,16-17,19,22,25H,7-10,13-15,18,20-21H2,1-6H3/t22-,25?/m0/s1. The molecule has 2 aliphatic heterocycles. The molecule has 41 heavy (non-hydrogen) atoms. The number of hydrogen-bond acceptors (Lipinski definition) is 6. The highest BCUT2D eigenvalue weighted by molar-refractivity contribution is 9.10. The minimum absolute atomic E-state index is 0.161. The van der Waals surface area contributed by atoms with E-state index in [2.05, 4.69) is 82.3 Å². The fourth-order valence-corrected chi connectivity index (χ4v) is 7.05. The molecule has 2 saturated heterocycles. The van der Waals surface area contributed by atoms with Crippen LogP contribution < -0.4 is 4.90 Å². The van der Waals surface area contributed by atoms with Gasteiger partial charge in [-0.05, 0) is 69.5 Å². The monoisotopic (exact) mass is 624 g/mol. The van der Waals surface area contributed by atoms with E-state index >= 15 is 0 Å². The van der Waals surface area contributed by atoms with Crippen molar-refractivity contribution in [1.29, 1.82) is 0 Å². The van der Waals surface area contributed by atoms with Gasteiger partial charge < -0.3 is 18.9 Å². The third-order valence-corrected chi connectivity index (χ3v) is 9.36. The fraction of sp³-hybridized carbons (Fsp3) is 0.576. The number of halogens is 1. The lowest BCUT2D eigenvalue weighted by molar-refractivity contribution is -0.143. The van der Waals surface area contributed by atoms with E-state index in [1.165, 1.54) is 60.6 Å². The highest BCUT2D eigenvalue weighted by atomic mass is 79.9.